The third kappa shape index (κ3) is 3.34. The molecule has 5 atom stereocenters. The van der Waals surface area contributed by atoms with Gasteiger partial charge in [0, 0.05) is 17.8 Å². The number of hydrogen-bond acceptors (Lipinski definition) is 9. The largest absolute Gasteiger partial charge is 0.387 e. The predicted molar refractivity (Wildman–Crippen MR) is 111 cm³/mol. The van der Waals surface area contributed by atoms with Gasteiger partial charge in [0.15, 0.2) is 17.7 Å². The fourth-order valence-electron chi connectivity index (χ4n) is 4.08. The molecular weight excluding hydrogens is 406 g/mol. The van der Waals surface area contributed by atoms with E-state index >= 15 is 0 Å². The summed E-state index contributed by atoms with van der Waals surface area (Å²) in [6.45, 7) is 0.255. The Balaban J connectivity index is 1.35. The zero-order chi connectivity index (χ0) is 20.7. The molecule has 10 heteroatoms. The van der Waals surface area contributed by atoms with Gasteiger partial charge in [0.2, 0.25) is 0 Å². The van der Waals surface area contributed by atoms with Crippen LogP contribution in [-0.4, -0.2) is 62.4 Å². The van der Waals surface area contributed by atoms with Crippen molar-refractivity contribution in [2.45, 2.75) is 42.0 Å². The first-order chi connectivity index (χ1) is 14.7. The Kier molecular flexibility index (Phi) is 5.34. The van der Waals surface area contributed by atoms with Crippen molar-refractivity contribution in [2.24, 2.45) is 0 Å². The maximum atomic E-state index is 10.8. The van der Waals surface area contributed by atoms with Crippen LogP contribution in [0.2, 0.25) is 0 Å². The molecular formula is C20H23N5O4S. The molecule has 0 bridgehead atoms. The summed E-state index contributed by atoms with van der Waals surface area (Å²) < 4.78 is 19.6. The van der Waals surface area contributed by atoms with E-state index in [-0.39, 0.29) is 12.7 Å². The molecule has 0 amide bonds. The Labute approximate surface area is 177 Å². The molecule has 0 aliphatic carbocycles. The number of imidazole rings is 1. The Hall–Kier alpha value is -2.24. The lowest BCUT2D eigenvalue weighted by atomic mass is 10.1. The fraction of sp³-hybridized carbons (Fsp3) is 0.450. The first-order valence-corrected chi connectivity index (χ1v) is 10.8. The summed E-state index contributed by atoms with van der Waals surface area (Å²) in [5.41, 5.74) is 8.09. The van der Waals surface area contributed by atoms with Crippen LogP contribution in [0.4, 0.5) is 5.82 Å². The maximum absolute atomic E-state index is 10.8. The summed E-state index contributed by atoms with van der Waals surface area (Å²) in [5, 5.41) is 10.8. The molecule has 3 N–H and O–H groups in total. The van der Waals surface area contributed by atoms with Crippen molar-refractivity contribution in [1.82, 2.24) is 19.5 Å². The van der Waals surface area contributed by atoms with Gasteiger partial charge in [-0.25, -0.2) is 15.0 Å². The van der Waals surface area contributed by atoms with Crippen molar-refractivity contribution in [3.63, 3.8) is 0 Å². The third-order valence-corrected chi connectivity index (χ3v) is 6.73. The number of nitrogens with zero attached hydrogens (tertiary/aromatic N) is 4. The molecule has 5 rings (SSSR count). The summed E-state index contributed by atoms with van der Waals surface area (Å²) in [4.78, 5) is 13.8. The zero-order valence-corrected chi connectivity index (χ0v) is 17.2. The van der Waals surface area contributed by atoms with E-state index in [0.717, 1.165) is 12.2 Å². The maximum Gasteiger partial charge on any atom is 0.167 e. The van der Waals surface area contributed by atoms with E-state index in [1.54, 1.807) is 18.0 Å². The number of aliphatic hydroxyl groups excluding tert-OH is 1. The lowest BCUT2D eigenvalue weighted by molar-refractivity contribution is -0.0840. The molecule has 1 saturated heterocycles. The fourth-order valence-corrected chi connectivity index (χ4v) is 5.18. The van der Waals surface area contributed by atoms with E-state index in [1.165, 1.54) is 16.8 Å². The lowest BCUT2D eigenvalue weighted by Gasteiger charge is -2.26. The molecule has 0 saturated carbocycles. The third-order valence-electron chi connectivity index (χ3n) is 5.61. The van der Waals surface area contributed by atoms with Gasteiger partial charge in [-0.1, -0.05) is 18.2 Å². The van der Waals surface area contributed by atoms with Crippen LogP contribution in [0, 0.1) is 0 Å². The number of anilines is 1. The van der Waals surface area contributed by atoms with E-state index in [9.17, 15) is 5.11 Å². The Morgan fingerprint density at radius 2 is 2.17 bits per heavy atom. The van der Waals surface area contributed by atoms with Crippen LogP contribution >= 0.6 is 11.8 Å². The lowest BCUT2D eigenvalue weighted by Crippen LogP contribution is -2.35. The molecule has 3 aromatic rings. The number of thioether (sulfide) groups is 1. The first kappa shape index (κ1) is 19.7. The van der Waals surface area contributed by atoms with Crippen molar-refractivity contribution in [2.75, 3.05) is 25.2 Å². The van der Waals surface area contributed by atoms with Gasteiger partial charge in [-0.05, 0) is 18.1 Å². The summed E-state index contributed by atoms with van der Waals surface area (Å²) in [6.07, 6.45) is 1.26. The molecule has 158 valence electrons. The van der Waals surface area contributed by atoms with Crippen molar-refractivity contribution < 1.29 is 19.3 Å². The number of aromatic nitrogens is 4. The average Bonchev–Trinajstić information content (AvgIpc) is 3.33. The number of aliphatic hydroxyl groups is 1. The minimum absolute atomic E-state index is 0.0140. The van der Waals surface area contributed by atoms with Crippen LogP contribution in [0.25, 0.3) is 11.2 Å². The second-order valence-corrected chi connectivity index (χ2v) is 8.47. The molecule has 9 nitrogen and oxygen atoms in total. The van der Waals surface area contributed by atoms with Gasteiger partial charge in [-0.2, -0.15) is 0 Å². The van der Waals surface area contributed by atoms with E-state index in [1.807, 2.05) is 23.9 Å². The molecule has 1 unspecified atom stereocenters. The van der Waals surface area contributed by atoms with Crippen molar-refractivity contribution in [3.8, 4) is 0 Å². The van der Waals surface area contributed by atoms with Crippen LogP contribution in [0.1, 0.15) is 24.3 Å². The van der Waals surface area contributed by atoms with Crippen LogP contribution in [0.5, 0.6) is 0 Å². The quantitative estimate of drug-likeness (QED) is 0.627. The number of ether oxygens (including phenoxy) is 3. The Morgan fingerprint density at radius 3 is 3.03 bits per heavy atom. The number of nitrogen functional groups attached to an aromatic ring is 1. The predicted octanol–water partition coefficient (Wildman–Crippen LogP) is 1.94. The summed E-state index contributed by atoms with van der Waals surface area (Å²) in [7, 11) is 1.55. The topological polar surface area (TPSA) is 118 Å². The molecule has 1 fully saturated rings. The van der Waals surface area contributed by atoms with Crippen molar-refractivity contribution in [3.05, 3.63) is 42.5 Å². The average molecular weight is 430 g/mol. The number of benzene rings is 1. The van der Waals surface area contributed by atoms with Gasteiger partial charge in [0.25, 0.3) is 0 Å². The standard InChI is InChI=1S/C20H23N5O4S/c1-27-17-16(26)13(8-28-12-6-7-30-14-5-3-2-4-11(12)14)29-20(17)25-10-24-15-18(21)22-9-23-19(15)25/h2-5,9-10,12-13,16-17,20,26H,6-8H2,1H3,(H2,21,22,23)/t12?,13-,16-,17-,20-/m1/s1. The van der Waals surface area contributed by atoms with E-state index in [0.29, 0.717) is 17.0 Å². The highest BCUT2D eigenvalue weighted by Crippen LogP contribution is 2.39. The minimum Gasteiger partial charge on any atom is -0.387 e. The molecule has 2 aliphatic heterocycles. The number of fused-ring (bicyclic) bond motifs is 2. The van der Waals surface area contributed by atoms with Crippen molar-refractivity contribution in [1.29, 1.82) is 0 Å². The Bertz CT molecular complexity index is 1050. The zero-order valence-electron chi connectivity index (χ0n) is 16.4. The SMILES string of the molecule is CO[C@@H]1[C@H](O)[C@@H](COC2CCSc3ccccc32)O[C@H]1n1cnc2c(N)ncnc21. The highest BCUT2D eigenvalue weighted by molar-refractivity contribution is 7.99. The Morgan fingerprint density at radius 1 is 1.30 bits per heavy atom. The monoisotopic (exact) mass is 429 g/mol. The molecule has 0 radical (unpaired) electrons. The van der Waals surface area contributed by atoms with Gasteiger partial charge in [0.05, 0.1) is 19.0 Å². The number of nitrogens with two attached hydrogens (primary N) is 1. The molecule has 0 spiro atoms. The normalized spacial score (nSPS) is 28.7. The molecule has 2 aliphatic rings. The van der Waals surface area contributed by atoms with Crippen molar-refractivity contribution >= 4 is 28.7 Å². The van der Waals surface area contributed by atoms with E-state index in [4.69, 9.17) is 19.9 Å². The first-order valence-electron chi connectivity index (χ1n) is 9.80. The molecule has 4 heterocycles. The van der Waals surface area contributed by atoms with Crippen LogP contribution in [0.15, 0.2) is 41.8 Å². The number of rotatable bonds is 5. The number of methoxy groups -OCH3 is 1. The van der Waals surface area contributed by atoms with Crippen LogP contribution in [-0.2, 0) is 14.2 Å². The summed E-state index contributed by atoms with van der Waals surface area (Å²) >= 11 is 1.84. The van der Waals surface area contributed by atoms with Gasteiger partial charge in [-0.15, -0.1) is 11.8 Å². The van der Waals surface area contributed by atoms with Gasteiger partial charge in [-0.3, -0.25) is 4.57 Å². The summed E-state index contributed by atoms with van der Waals surface area (Å²) in [5.74, 6) is 1.29. The minimum atomic E-state index is -0.857. The second kappa shape index (κ2) is 8.12. The molecule has 30 heavy (non-hydrogen) atoms. The van der Waals surface area contributed by atoms with E-state index in [2.05, 4.69) is 27.1 Å². The van der Waals surface area contributed by atoms with Crippen LogP contribution in [0.3, 0.4) is 0 Å². The number of hydrogen-bond donors (Lipinski definition) is 2. The molecule has 2 aromatic heterocycles. The summed E-state index contributed by atoms with van der Waals surface area (Å²) in [6, 6.07) is 8.28. The highest BCUT2D eigenvalue weighted by atomic mass is 32.2. The second-order valence-electron chi connectivity index (χ2n) is 7.34. The molecule has 1 aromatic carbocycles. The van der Waals surface area contributed by atoms with Gasteiger partial charge >= 0.3 is 0 Å². The smallest absolute Gasteiger partial charge is 0.167 e. The van der Waals surface area contributed by atoms with Crippen LogP contribution < -0.4 is 5.73 Å². The van der Waals surface area contributed by atoms with Gasteiger partial charge in [0.1, 0.15) is 30.2 Å². The highest BCUT2D eigenvalue weighted by Gasteiger charge is 2.46. The van der Waals surface area contributed by atoms with Gasteiger partial charge < -0.3 is 25.1 Å². The van der Waals surface area contributed by atoms with E-state index < -0.39 is 24.5 Å².